The van der Waals surface area contributed by atoms with Crippen molar-refractivity contribution in [2.45, 2.75) is 39.5 Å². The number of halogens is 4. The molecule has 4 aromatic rings. The van der Waals surface area contributed by atoms with Crippen molar-refractivity contribution in [3.8, 4) is 27.5 Å². The van der Waals surface area contributed by atoms with Crippen molar-refractivity contribution < 1.29 is 36.6 Å². The molecule has 2 aromatic heterocycles. The molecule has 0 bridgehead atoms. The Kier molecular flexibility index (Phi) is 8.16. The number of ether oxygens (including phenoxy) is 2. The number of hydrogen-bond donors (Lipinski definition) is 0. The van der Waals surface area contributed by atoms with Crippen LogP contribution < -0.4 is 0 Å². The molecule has 0 atom stereocenters. The number of thiazole rings is 1. The molecule has 0 fully saturated rings. The van der Waals surface area contributed by atoms with E-state index >= 15 is 0 Å². The van der Waals surface area contributed by atoms with Crippen LogP contribution >= 0.6 is 11.3 Å². The van der Waals surface area contributed by atoms with Gasteiger partial charge in [0.2, 0.25) is 5.13 Å². The summed E-state index contributed by atoms with van der Waals surface area (Å²) in [6, 6.07) is 10.0. The maximum atomic E-state index is 14.1. The number of alkyl halides is 3. The molecule has 41 heavy (non-hydrogen) atoms. The lowest BCUT2D eigenvalue weighted by atomic mass is 10.0. The first kappa shape index (κ1) is 29.7. The number of rotatable bonds is 6. The summed E-state index contributed by atoms with van der Waals surface area (Å²) in [5, 5.41) is 4.63. The molecule has 0 amide bonds. The van der Waals surface area contributed by atoms with Crippen LogP contribution in [-0.2, 0) is 20.4 Å². The summed E-state index contributed by atoms with van der Waals surface area (Å²) in [5.41, 5.74) is 0.0727. The van der Waals surface area contributed by atoms with Gasteiger partial charge in [-0.3, -0.25) is 0 Å². The van der Waals surface area contributed by atoms with Gasteiger partial charge in [0.1, 0.15) is 11.4 Å². The third kappa shape index (κ3) is 6.71. The van der Waals surface area contributed by atoms with Gasteiger partial charge in [0, 0.05) is 17.2 Å². The second-order valence-electron chi connectivity index (χ2n) is 9.87. The van der Waals surface area contributed by atoms with Gasteiger partial charge in [-0.1, -0.05) is 35.6 Å². The minimum absolute atomic E-state index is 0.0222. The van der Waals surface area contributed by atoms with E-state index in [9.17, 15) is 27.2 Å². The third-order valence-corrected chi connectivity index (χ3v) is 6.64. The molecule has 0 aliphatic rings. The maximum Gasteiger partial charge on any atom is 0.416 e. The lowest BCUT2D eigenvalue weighted by molar-refractivity contribution is -0.148. The highest BCUT2D eigenvalue weighted by Gasteiger charge is 2.31. The van der Waals surface area contributed by atoms with Crippen molar-refractivity contribution >= 4 is 29.4 Å². The van der Waals surface area contributed by atoms with E-state index in [0.29, 0.717) is 27.3 Å². The van der Waals surface area contributed by atoms with Crippen molar-refractivity contribution in [2.24, 2.45) is 0 Å². The summed E-state index contributed by atoms with van der Waals surface area (Å²) in [4.78, 5) is 30.3. The number of aromatic nitrogens is 3. The number of methoxy groups -OCH3 is 1. The fourth-order valence-electron chi connectivity index (χ4n) is 3.97. The molecule has 2 aromatic carbocycles. The van der Waals surface area contributed by atoms with Gasteiger partial charge < -0.3 is 9.47 Å². The molecule has 0 aliphatic carbocycles. The van der Waals surface area contributed by atoms with Gasteiger partial charge in [-0.15, -0.1) is 0 Å². The van der Waals surface area contributed by atoms with E-state index in [4.69, 9.17) is 9.47 Å². The Bertz CT molecular complexity index is 1630. The van der Waals surface area contributed by atoms with Crippen molar-refractivity contribution in [1.82, 2.24) is 14.8 Å². The Morgan fingerprint density at radius 2 is 1.71 bits per heavy atom. The molecule has 12 heteroatoms. The van der Waals surface area contributed by atoms with Crippen LogP contribution in [0.15, 0.2) is 54.6 Å². The average molecular weight is 588 g/mol. The monoisotopic (exact) mass is 587 g/mol. The Labute approximate surface area is 237 Å². The fourth-order valence-corrected chi connectivity index (χ4v) is 4.92. The van der Waals surface area contributed by atoms with Gasteiger partial charge in [-0.2, -0.15) is 23.0 Å². The average Bonchev–Trinajstić information content (AvgIpc) is 3.46. The van der Waals surface area contributed by atoms with E-state index < -0.39 is 35.1 Å². The van der Waals surface area contributed by atoms with Crippen LogP contribution in [0, 0.1) is 12.7 Å². The molecule has 0 N–H and O–H groups in total. The minimum Gasteiger partial charge on any atom is -0.464 e. The summed E-state index contributed by atoms with van der Waals surface area (Å²) in [6.07, 6.45) is -1.91. The SMILES string of the molecule is COC(=O)c1c(-c2cccc(F)c2)c(C)nn1-c1nc(-c2ccc(C(F)(F)F)cc2)c(C=CC(=O)OC(C)(C)C)s1. The second kappa shape index (κ2) is 11.3. The van der Waals surface area contributed by atoms with E-state index in [2.05, 4.69) is 10.1 Å². The van der Waals surface area contributed by atoms with Gasteiger partial charge in [-0.05, 0) is 63.6 Å². The molecule has 0 unspecified atom stereocenters. The Hall–Kier alpha value is -4.32. The lowest BCUT2D eigenvalue weighted by Crippen LogP contribution is -2.22. The highest BCUT2D eigenvalue weighted by molar-refractivity contribution is 7.15. The molecule has 0 aliphatic heterocycles. The minimum atomic E-state index is -4.53. The van der Waals surface area contributed by atoms with Crippen LogP contribution in [0.5, 0.6) is 0 Å². The zero-order valence-corrected chi connectivity index (χ0v) is 23.5. The zero-order valence-electron chi connectivity index (χ0n) is 22.7. The Morgan fingerprint density at radius 3 is 2.29 bits per heavy atom. The number of esters is 2. The number of nitrogens with zero attached hydrogens (tertiary/aromatic N) is 3. The summed E-state index contributed by atoms with van der Waals surface area (Å²) >= 11 is 1.03. The van der Waals surface area contributed by atoms with Crippen LogP contribution in [0.25, 0.3) is 33.6 Å². The molecule has 0 saturated heterocycles. The molecule has 4 rings (SSSR count). The topological polar surface area (TPSA) is 83.3 Å². The van der Waals surface area contributed by atoms with Crippen molar-refractivity contribution in [3.05, 3.63) is 82.3 Å². The number of hydrogen-bond acceptors (Lipinski definition) is 7. The van der Waals surface area contributed by atoms with Crippen LogP contribution in [0.4, 0.5) is 17.6 Å². The molecule has 0 saturated carbocycles. The van der Waals surface area contributed by atoms with Crippen molar-refractivity contribution in [2.75, 3.05) is 7.11 Å². The van der Waals surface area contributed by atoms with Gasteiger partial charge in [0.15, 0.2) is 5.69 Å². The molecular formula is C29H25F4N3O4S. The van der Waals surface area contributed by atoms with Crippen LogP contribution in [0.1, 0.15) is 47.4 Å². The number of aryl methyl sites for hydroxylation is 1. The van der Waals surface area contributed by atoms with E-state index in [1.165, 1.54) is 54.3 Å². The quantitative estimate of drug-likeness (QED) is 0.134. The van der Waals surface area contributed by atoms with Crippen molar-refractivity contribution in [3.63, 3.8) is 0 Å². The summed E-state index contributed by atoms with van der Waals surface area (Å²) < 4.78 is 65.1. The molecule has 2 heterocycles. The Balaban J connectivity index is 1.89. The first-order chi connectivity index (χ1) is 19.2. The number of carbonyl (C=O) groups excluding carboxylic acids is 2. The van der Waals surface area contributed by atoms with Gasteiger partial charge in [-0.25, -0.2) is 19.0 Å². The number of carbonyl (C=O) groups is 2. The summed E-state index contributed by atoms with van der Waals surface area (Å²) in [5.74, 6) is -1.91. The van der Waals surface area contributed by atoms with Crippen LogP contribution in [-0.4, -0.2) is 39.4 Å². The first-order valence-corrected chi connectivity index (χ1v) is 13.0. The molecule has 7 nitrogen and oxygen atoms in total. The van der Waals surface area contributed by atoms with E-state index in [0.717, 1.165) is 23.5 Å². The van der Waals surface area contributed by atoms with Gasteiger partial charge >= 0.3 is 18.1 Å². The second-order valence-corrected chi connectivity index (χ2v) is 10.9. The summed E-state index contributed by atoms with van der Waals surface area (Å²) in [6.45, 7) is 6.77. The highest BCUT2D eigenvalue weighted by Crippen LogP contribution is 2.37. The first-order valence-electron chi connectivity index (χ1n) is 12.2. The zero-order chi connectivity index (χ0) is 30.1. The van der Waals surface area contributed by atoms with Gasteiger partial charge in [0.05, 0.1) is 28.9 Å². The normalized spacial score (nSPS) is 12.1. The fraction of sp³-hybridized carbons (Fsp3) is 0.241. The number of benzene rings is 2. The molecule has 0 radical (unpaired) electrons. The maximum absolute atomic E-state index is 14.1. The smallest absolute Gasteiger partial charge is 0.416 e. The van der Waals surface area contributed by atoms with E-state index in [-0.39, 0.29) is 16.5 Å². The largest absolute Gasteiger partial charge is 0.464 e. The predicted octanol–water partition coefficient (Wildman–Crippen LogP) is 7.27. The lowest BCUT2D eigenvalue weighted by Gasteiger charge is -2.17. The predicted molar refractivity (Wildman–Crippen MR) is 146 cm³/mol. The molecule has 214 valence electrons. The Morgan fingerprint density at radius 1 is 1.02 bits per heavy atom. The van der Waals surface area contributed by atoms with Crippen LogP contribution in [0.3, 0.4) is 0 Å². The molecule has 0 spiro atoms. The van der Waals surface area contributed by atoms with Crippen LogP contribution in [0.2, 0.25) is 0 Å². The molecular weight excluding hydrogens is 562 g/mol. The van der Waals surface area contributed by atoms with Gasteiger partial charge in [0.25, 0.3) is 0 Å². The highest BCUT2D eigenvalue weighted by atomic mass is 32.1. The van der Waals surface area contributed by atoms with E-state index in [1.807, 2.05) is 0 Å². The standard InChI is InChI=1S/C29H25F4N3O4S/c1-16-23(18-7-6-8-20(30)15-18)25(26(38)39-5)36(35-16)27-34-24(17-9-11-19(12-10-17)29(31,32)33)21(41-27)13-14-22(37)40-28(2,3)4/h6-15H,1-5H3. The third-order valence-electron chi connectivity index (χ3n) is 5.64. The van der Waals surface area contributed by atoms with E-state index in [1.54, 1.807) is 33.8 Å². The van der Waals surface area contributed by atoms with Crippen molar-refractivity contribution in [1.29, 1.82) is 0 Å². The summed E-state index contributed by atoms with van der Waals surface area (Å²) in [7, 11) is 1.19.